The quantitative estimate of drug-likeness (QED) is 0.0411. The molecule has 3 rings (SSSR count). The van der Waals surface area contributed by atoms with Gasteiger partial charge in [-0.15, -0.1) is 0 Å². The number of nitrogens with two attached hydrogens (primary N) is 1. The van der Waals surface area contributed by atoms with E-state index in [1.807, 2.05) is 0 Å². The van der Waals surface area contributed by atoms with Gasteiger partial charge in [0.2, 0.25) is 11.8 Å². The number of carbonyl (C=O) groups is 3. The van der Waals surface area contributed by atoms with Crippen LogP contribution in [-0.2, 0) is 50.7 Å². The number of carbonyl (C=O) groups excluding carboxylic acids is 3. The van der Waals surface area contributed by atoms with Gasteiger partial charge < -0.3 is 50.9 Å². The van der Waals surface area contributed by atoms with E-state index in [0.29, 0.717) is 11.4 Å². The lowest BCUT2D eigenvalue weighted by molar-refractivity contribution is -0.137. The second kappa shape index (κ2) is 17.4. The average Bonchev–Trinajstić information content (AvgIpc) is 3.57. The highest BCUT2D eigenvalue weighted by atomic mass is 32.2. The third-order valence-corrected chi connectivity index (χ3v) is 10.4. The number of ether oxygens (including phenoxy) is 1. The molecule has 0 radical (unpaired) electrons. The van der Waals surface area contributed by atoms with Gasteiger partial charge in [-0.3, -0.25) is 32.5 Å². The van der Waals surface area contributed by atoms with Crippen molar-refractivity contribution in [1.82, 2.24) is 30.2 Å². The molecule has 50 heavy (non-hydrogen) atoms. The van der Waals surface area contributed by atoms with Gasteiger partial charge in [0.25, 0.3) is 0 Å². The molecule has 2 aromatic heterocycles. The zero-order valence-corrected chi connectivity index (χ0v) is 29.7. The van der Waals surface area contributed by atoms with Crippen LogP contribution in [0.3, 0.4) is 0 Å². The zero-order valence-electron chi connectivity index (χ0n) is 26.2. The lowest BCUT2D eigenvalue weighted by atomic mass is 9.87. The molecule has 0 aliphatic carbocycles. The van der Waals surface area contributed by atoms with E-state index >= 15 is 0 Å². The first kappa shape index (κ1) is 42.0. The summed E-state index contributed by atoms with van der Waals surface area (Å²) in [7, 11) is -16.3. The van der Waals surface area contributed by atoms with Crippen molar-refractivity contribution in [3.63, 3.8) is 0 Å². The Morgan fingerprint density at radius 3 is 2.46 bits per heavy atom. The van der Waals surface area contributed by atoms with E-state index in [1.165, 1.54) is 13.8 Å². The van der Waals surface area contributed by atoms with Crippen molar-refractivity contribution in [2.45, 2.75) is 50.9 Å². The third-order valence-electron chi connectivity index (χ3n) is 6.69. The van der Waals surface area contributed by atoms with E-state index in [2.05, 4.69) is 34.4 Å². The van der Waals surface area contributed by atoms with Crippen molar-refractivity contribution in [2.24, 2.45) is 5.41 Å². The molecule has 1 fully saturated rings. The Labute approximate surface area is 286 Å². The summed E-state index contributed by atoms with van der Waals surface area (Å²) in [6.45, 7) is 0.515. The molecule has 3 heterocycles. The van der Waals surface area contributed by atoms with Gasteiger partial charge in [0.15, 0.2) is 23.3 Å². The fraction of sp³-hybridized carbons (Fsp3) is 0.636. The largest absolute Gasteiger partial charge is 0.481 e. The standard InChI is InChI=1S/C22H36N7O17P3S/c1-22(2,17(33)20(34)25-4-3-13(31)24-5-6-50-11-30)8-43-49(40,41)46-48(38,39)42-7-12-16(45-47(35,36)37)15(32)21(44-12)29-10-28-14-18(23)26-9-27-19(14)29/h9-12,15-17,21,32-33H,3-8H2,1-2H3,(H,24,31)(H,25,34)(H,38,39)(H,40,41)(H2,23,26,27)(H2,35,36,37)/t12-,15?,16?,17+,21-/m0/s1. The second-order valence-corrected chi connectivity index (χ2v) is 16.2. The van der Waals surface area contributed by atoms with Crippen LogP contribution < -0.4 is 16.4 Å². The van der Waals surface area contributed by atoms with Crippen molar-refractivity contribution in [3.05, 3.63) is 12.7 Å². The number of imidazole rings is 1. The number of phosphoric acid groups is 3. The Hall–Kier alpha value is -2.44. The number of thioether (sulfide) groups is 1. The van der Waals surface area contributed by atoms with Crippen LogP contribution in [-0.4, -0.2) is 123 Å². The Kier molecular flexibility index (Phi) is 14.6. The fourth-order valence-corrected chi connectivity index (χ4v) is 7.38. The van der Waals surface area contributed by atoms with E-state index < -0.39 is 84.6 Å². The number of hydrogen-bond donors (Lipinski definition) is 9. The first-order valence-corrected chi connectivity index (χ1v) is 19.7. The van der Waals surface area contributed by atoms with E-state index in [-0.39, 0.29) is 36.5 Å². The van der Waals surface area contributed by atoms with Crippen LogP contribution in [0.5, 0.6) is 0 Å². The fourth-order valence-electron chi connectivity index (χ4n) is 4.24. The molecule has 10 N–H and O–H groups in total. The molecule has 4 unspecified atom stereocenters. The number of fused-ring (bicyclic) bond motifs is 1. The van der Waals surface area contributed by atoms with Gasteiger partial charge in [-0.25, -0.2) is 28.6 Å². The number of amides is 2. The van der Waals surface area contributed by atoms with Gasteiger partial charge in [0.05, 0.1) is 19.5 Å². The first-order valence-electron chi connectivity index (χ1n) is 14.1. The van der Waals surface area contributed by atoms with Gasteiger partial charge in [-0.05, 0) is 0 Å². The minimum Gasteiger partial charge on any atom is -0.386 e. The predicted molar refractivity (Wildman–Crippen MR) is 169 cm³/mol. The number of hydrogen-bond acceptors (Lipinski definition) is 18. The van der Waals surface area contributed by atoms with Crippen molar-refractivity contribution in [3.8, 4) is 0 Å². The second-order valence-electron chi connectivity index (χ2n) is 11.0. The van der Waals surface area contributed by atoms with E-state index in [4.69, 9.17) is 19.5 Å². The maximum absolute atomic E-state index is 12.6. The summed E-state index contributed by atoms with van der Waals surface area (Å²) >= 11 is 0.960. The highest BCUT2D eigenvalue weighted by molar-refractivity contribution is 8.11. The number of aliphatic hydroxyl groups is 2. The van der Waals surface area contributed by atoms with Crippen LogP contribution in [0.25, 0.3) is 11.2 Å². The van der Waals surface area contributed by atoms with Crippen molar-refractivity contribution < 1.29 is 80.5 Å². The Morgan fingerprint density at radius 1 is 1.12 bits per heavy atom. The summed E-state index contributed by atoms with van der Waals surface area (Å²) in [5, 5.41) is 26.1. The smallest absolute Gasteiger partial charge is 0.386 e. The summed E-state index contributed by atoms with van der Waals surface area (Å²) in [6, 6.07) is 0. The Morgan fingerprint density at radius 2 is 1.80 bits per heavy atom. The third kappa shape index (κ3) is 12.1. The minimum absolute atomic E-state index is 0.0309. The number of anilines is 1. The molecule has 1 aliphatic rings. The number of nitrogen functional groups attached to an aromatic ring is 1. The molecular weight excluding hydrogens is 759 g/mol. The number of aromatic nitrogens is 4. The Bertz CT molecular complexity index is 1660. The summed E-state index contributed by atoms with van der Waals surface area (Å²) in [6.07, 6.45) is -6.88. The van der Waals surface area contributed by atoms with Crippen LogP contribution in [0, 0.1) is 5.41 Å². The normalized spacial score (nSPS) is 22.8. The number of phosphoric ester groups is 3. The van der Waals surface area contributed by atoms with Crippen LogP contribution in [0.15, 0.2) is 12.7 Å². The predicted octanol–water partition coefficient (Wildman–Crippen LogP) is -1.67. The monoisotopic (exact) mass is 795 g/mol. The molecule has 0 bridgehead atoms. The highest BCUT2D eigenvalue weighted by Crippen LogP contribution is 2.61. The van der Waals surface area contributed by atoms with Crippen LogP contribution in [0.1, 0.15) is 26.5 Å². The number of aliphatic hydroxyl groups excluding tert-OH is 2. The lowest BCUT2D eigenvalue weighted by Crippen LogP contribution is -2.46. The maximum atomic E-state index is 12.6. The molecular formula is C22H36N7O17P3S. The van der Waals surface area contributed by atoms with E-state index in [0.717, 1.165) is 29.0 Å². The number of rotatable bonds is 20. The van der Waals surface area contributed by atoms with Crippen molar-refractivity contribution in [2.75, 3.05) is 37.8 Å². The summed E-state index contributed by atoms with van der Waals surface area (Å²) < 4.78 is 61.7. The lowest BCUT2D eigenvalue weighted by Gasteiger charge is -2.30. The number of nitrogens with one attached hydrogen (secondary N) is 2. The first-order chi connectivity index (χ1) is 23.2. The molecule has 7 atom stereocenters. The summed E-state index contributed by atoms with van der Waals surface area (Å²) in [5.41, 5.74) is 4.88. The molecule has 282 valence electrons. The average molecular weight is 796 g/mol. The topological polar surface area (TPSA) is 364 Å². The van der Waals surface area contributed by atoms with Crippen molar-refractivity contribution in [1.29, 1.82) is 0 Å². The van der Waals surface area contributed by atoms with Gasteiger partial charge >= 0.3 is 23.5 Å². The molecule has 0 saturated carbocycles. The van der Waals surface area contributed by atoms with Gasteiger partial charge in [-0.2, -0.15) is 4.31 Å². The minimum atomic E-state index is -5.55. The summed E-state index contributed by atoms with van der Waals surface area (Å²) in [5.74, 6) is -1.09. The molecule has 2 amide bonds. The molecule has 28 heteroatoms. The van der Waals surface area contributed by atoms with Crippen LogP contribution in [0.4, 0.5) is 5.82 Å². The molecule has 0 aromatic carbocycles. The van der Waals surface area contributed by atoms with Gasteiger partial charge in [0.1, 0.15) is 36.3 Å². The van der Waals surface area contributed by atoms with Crippen LogP contribution in [0.2, 0.25) is 0 Å². The molecule has 24 nitrogen and oxygen atoms in total. The van der Waals surface area contributed by atoms with E-state index in [9.17, 15) is 57.9 Å². The molecule has 1 aliphatic heterocycles. The molecule has 1 saturated heterocycles. The van der Waals surface area contributed by atoms with Crippen LogP contribution >= 0.6 is 35.2 Å². The molecule has 0 spiro atoms. The molecule has 2 aromatic rings. The van der Waals surface area contributed by atoms with Gasteiger partial charge in [0, 0.05) is 30.7 Å². The van der Waals surface area contributed by atoms with Crippen molar-refractivity contribution >= 4 is 69.6 Å². The summed E-state index contributed by atoms with van der Waals surface area (Å²) in [4.78, 5) is 85.1. The van der Waals surface area contributed by atoms with E-state index in [1.54, 1.807) is 0 Å². The Balaban J connectivity index is 1.57. The highest BCUT2D eigenvalue weighted by Gasteiger charge is 2.50. The number of nitrogens with zero attached hydrogens (tertiary/aromatic N) is 4. The van der Waals surface area contributed by atoms with Gasteiger partial charge in [-0.1, -0.05) is 25.6 Å². The SMILES string of the molecule is CC(C)(COP(=O)(O)OP(=O)(O)OC[C@@H]1O[C@H](n2cnc3c(N)ncnc32)C(O)C1OP(=O)(O)O)[C@H](O)C(=O)NCCC(=O)NCCSC=O. The maximum Gasteiger partial charge on any atom is 0.481 e. The zero-order chi connectivity index (χ0) is 37.5.